The molecule has 3 rings (SSSR count). The quantitative estimate of drug-likeness (QED) is 0.431. The van der Waals surface area contributed by atoms with Gasteiger partial charge in [-0.2, -0.15) is 0 Å². The van der Waals surface area contributed by atoms with E-state index in [1.165, 1.54) is 38.5 Å². The zero-order valence-corrected chi connectivity index (χ0v) is 11.0. The minimum Gasteiger partial charge on any atom is -0.0704 e. The van der Waals surface area contributed by atoms with Crippen molar-refractivity contribution in [2.45, 2.75) is 65.2 Å². The van der Waals surface area contributed by atoms with E-state index in [1.807, 2.05) is 5.57 Å². The van der Waals surface area contributed by atoms with Gasteiger partial charge in [-0.05, 0) is 43.4 Å². The van der Waals surface area contributed by atoms with E-state index >= 15 is 0 Å². The molecular weight excluding hydrogens is 192 g/mol. The Morgan fingerprint density at radius 2 is 1.62 bits per heavy atom. The summed E-state index contributed by atoms with van der Waals surface area (Å²) in [6.07, 6.45) is 12.1. The molecule has 2 saturated carbocycles. The van der Waals surface area contributed by atoms with Crippen LogP contribution in [0.4, 0.5) is 0 Å². The SMILES string of the molecule is CC1=C2CC[C@@H](C3CCCCCC3)[C@H]2[C@H]1C. The maximum absolute atomic E-state index is 2.47. The predicted molar refractivity (Wildman–Crippen MR) is 69.3 cm³/mol. The van der Waals surface area contributed by atoms with Crippen LogP contribution in [0, 0.1) is 23.7 Å². The molecule has 3 aliphatic rings. The number of hydrogen-bond acceptors (Lipinski definition) is 0. The van der Waals surface area contributed by atoms with Crippen LogP contribution in [0.15, 0.2) is 11.1 Å². The molecule has 0 N–H and O–H groups in total. The summed E-state index contributed by atoms with van der Waals surface area (Å²) in [6, 6.07) is 0. The van der Waals surface area contributed by atoms with E-state index in [0.717, 1.165) is 23.7 Å². The summed E-state index contributed by atoms with van der Waals surface area (Å²) in [4.78, 5) is 0. The lowest BCUT2D eigenvalue weighted by Crippen LogP contribution is -2.32. The van der Waals surface area contributed by atoms with E-state index in [0.29, 0.717) is 0 Å². The molecule has 3 atom stereocenters. The van der Waals surface area contributed by atoms with Gasteiger partial charge in [0, 0.05) is 0 Å². The second-order valence-corrected chi connectivity index (χ2v) is 6.48. The van der Waals surface area contributed by atoms with Gasteiger partial charge in [-0.25, -0.2) is 0 Å². The molecule has 0 saturated heterocycles. The Balaban J connectivity index is 1.72. The molecule has 0 bridgehead atoms. The second-order valence-electron chi connectivity index (χ2n) is 6.48. The fourth-order valence-electron chi connectivity index (χ4n) is 4.79. The molecule has 0 unspecified atom stereocenters. The van der Waals surface area contributed by atoms with Crippen molar-refractivity contribution >= 4 is 0 Å². The normalized spacial score (nSPS) is 40.5. The van der Waals surface area contributed by atoms with Gasteiger partial charge in [0.1, 0.15) is 0 Å². The summed E-state index contributed by atoms with van der Waals surface area (Å²) in [7, 11) is 0. The first-order chi connectivity index (χ1) is 7.79. The lowest BCUT2D eigenvalue weighted by Gasteiger charge is -2.40. The van der Waals surface area contributed by atoms with E-state index in [9.17, 15) is 0 Å². The molecule has 0 amide bonds. The van der Waals surface area contributed by atoms with Crippen molar-refractivity contribution in [3.05, 3.63) is 11.1 Å². The van der Waals surface area contributed by atoms with E-state index in [1.54, 1.807) is 18.4 Å². The van der Waals surface area contributed by atoms with Crippen LogP contribution in [0.1, 0.15) is 65.2 Å². The lowest BCUT2D eigenvalue weighted by atomic mass is 9.64. The summed E-state index contributed by atoms with van der Waals surface area (Å²) >= 11 is 0. The van der Waals surface area contributed by atoms with Gasteiger partial charge in [0.05, 0.1) is 0 Å². The van der Waals surface area contributed by atoms with Crippen molar-refractivity contribution in [2.75, 3.05) is 0 Å². The zero-order chi connectivity index (χ0) is 11.1. The maximum Gasteiger partial charge on any atom is -0.0106 e. The van der Waals surface area contributed by atoms with Gasteiger partial charge in [-0.3, -0.25) is 0 Å². The first-order valence-corrected chi connectivity index (χ1v) is 7.48. The number of fused-ring (bicyclic) bond motifs is 1. The standard InChI is InChI=1S/C16H26/c1-11-12(2)16-14(11)9-10-15(16)13-7-5-3-4-6-8-13/h12-13,15-16H,3-10H2,1-2H3/t12-,15-,16-/m0/s1. The summed E-state index contributed by atoms with van der Waals surface area (Å²) in [5.74, 6) is 4.10. The third-order valence-corrected chi connectivity index (χ3v) is 5.84. The van der Waals surface area contributed by atoms with Gasteiger partial charge in [0.15, 0.2) is 0 Å². The molecule has 0 nitrogen and oxygen atoms in total. The highest BCUT2D eigenvalue weighted by molar-refractivity contribution is 5.34. The van der Waals surface area contributed by atoms with Gasteiger partial charge in [0.2, 0.25) is 0 Å². The van der Waals surface area contributed by atoms with Crippen LogP contribution in [-0.2, 0) is 0 Å². The monoisotopic (exact) mass is 218 g/mol. The van der Waals surface area contributed by atoms with Gasteiger partial charge in [-0.1, -0.05) is 56.6 Å². The molecule has 0 radical (unpaired) electrons. The molecule has 3 aliphatic carbocycles. The Bertz CT molecular complexity index is 291. The molecule has 0 heteroatoms. The zero-order valence-electron chi connectivity index (χ0n) is 11.0. The van der Waals surface area contributed by atoms with Crippen molar-refractivity contribution < 1.29 is 0 Å². The van der Waals surface area contributed by atoms with E-state index < -0.39 is 0 Å². The van der Waals surface area contributed by atoms with Crippen molar-refractivity contribution in [1.82, 2.24) is 0 Å². The van der Waals surface area contributed by atoms with Gasteiger partial charge < -0.3 is 0 Å². The van der Waals surface area contributed by atoms with Gasteiger partial charge in [0.25, 0.3) is 0 Å². The Kier molecular flexibility index (Phi) is 2.85. The summed E-state index contributed by atoms with van der Waals surface area (Å²) < 4.78 is 0. The van der Waals surface area contributed by atoms with Crippen LogP contribution in [0.3, 0.4) is 0 Å². The minimum absolute atomic E-state index is 0.922. The van der Waals surface area contributed by atoms with Gasteiger partial charge >= 0.3 is 0 Å². The smallest absolute Gasteiger partial charge is 0.0106 e. The predicted octanol–water partition coefficient (Wildman–Crippen LogP) is 4.95. The Labute approximate surface area is 101 Å². The van der Waals surface area contributed by atoms with Gasteiger partial charge in [-0.15, -0.1) is 0 Å². The first-order valence-electron chi connectivity index (χ1n) is 7.48. The topological polar surface area (TPSA) is 0 Å². The highest BCUT2D eigenvalue weighted by atomic mass is 14.5. The number of allylic oxidation sites excluding steroid dienone is 2. The highest BCUT2D eigenvalue weighted by Gasteiger charge is 2.46. The number of rotatable bonds is 1. The molecule has 2 fully saturated rings. The Morgan fingerprint density at radius 1 is 0.938 bits per heavy atom. The van der Waals surface area contributed by atoms with Crippen molar-refractivity contribution in [3.63, 3.8) is 0 Å². The van der Waals surface area contributed by atoms with Crippen molar-refractivity contribution in [2.24, 2.45) is 23.7 Å². The second kappa shape index (κ2) is 4.20. The van der Waals surface area contributed by atoms with E-state index in [4.69, 9.17) is 0 Å². The third kappa shape index (κ3) is 1.57. The molecule has 0 heterocycles. The molecule has 0 aromatic heterocycles. The van der Waals surface area contributed by atoms with Crippen molar-refractivity contribution in [3.8, 4) is 0 Å². The molecule has 16 heavy (non-hydrogen) atoms. The minimum atomic E-state index is 0.922. The van der Waals surface area contributed by atoms with Crippen LogP contribution in [-0.4, -0.2) is 0 Å². The fraction of sp³-hybridized carbons (Fsp3) is 0.875. The molecule has 90 valence electrons. The van der Waals surface area contributed by atoms with Crippen LogP contribution >= 0.6 is 0 Å². The average Bonchev–Trinajstić information content (AvgIpc) is 2.50. The van der Waals surface area contributed by atoms with E-state index in [2.05, 4.69) is 13.8 Å². The van der Waals surface area contributed by atoms with Crippen LogP contribution < -0.4 is 0 Å². The van der Waals surface area contributed by atoms with Crippen LogP contribution in [0.2, 0.25) is 0 Å². The summed E-state index contributed by atoms with van der Waals surface area (Å²) in [5, 5.41) is 0. The highest BCUT2D eigenvalue weighted by Crippen LogP contribution is 2.56. The summed E-state index contributed by atoms with van der Waals surface area (Å²) in [5.41, 5.74) is 3.63. The first kappa shape index (κ1) is 10.9. The van der Waals surface area contributed by atoms with Crippen LogP contribution in [0.25, 0.3) is 0 Å². The maximum atomic E-state index is 2.47. The van der Waals surface area contributed by atoms with Crippen LogP contribution in [0.5, 0.6) is 0 Å². The van der Waals surface area contributed by atoms with E-state index in [-0.39, 0.29) is 0 Å². The molecule has 0 aromatic rings. The molecule has 0 aliphatic heterocycles. The summed E-state index contributed by atoms with van der Waals surface area (Å²) in [6.45, 7) is 4.85. The van der Waals surface area contributed by atoms with Crippen molar-refractivity contribution in [1.29, 1.82) is 0 Å². The molecule has 0 spiro atoms. The molecule has 0 aromatic carbocycles. The number of hydrogen-bond donors (Lipinski definition) is 0. The lowest BCUT2D eigenvalue weighted by molar-refractivity contribution is 0.200. The molecular formula is C16H26. The average molecular weight is 218 g/mol. The fourth-order valence-corrected chi connectivity index (χ4v) is 4.79. The third-order valence-electron chi connectivity index (χ3n) is 5.84. The Morgan fingerprint density at radius 3 is 2.31 bits per heavy atom. The Hall–Kier alpha value is -0.260. The largest absolute Gasteiger partial charge is 0.0704 e.